The zero-order valence-corrected chi connectivity index (χ0v) is 12.7. The Morgan fingerprint density at radius 3 is 2.61 bits per heavy atom. The molecule has 1 heterocycles. The molecule has 0 saturated carbocycles. The van der Waals surface area contributed by atoms with Gasteiger partial charge in [0.2, 0.25) is 0 Å². The molecule has 0 saturated heterocycles. The third-order valence-electron chi connectivity index (χ3n) is 3.37. The molecule has 0 fully saturated rings. The molecule has 0 aliphatic carbocycles. The molecule has 23 heavy (non-hydrogen) atoms. The molecule has 1 aromatic carbocycles. The summed E-state index contributed by atoms with van der Waals surface area (Å²) in [5.74, 6) is 0.598. The molecule has 0 aromatic heterocycles. The van der Waals surface area contributed by atoms with Gasteiger partial charge in [-0.1, -0.05) is 12.1 Å². The molecule has 126 valence electrons. The molecule has 0 radical (unpaired) electrons. The van der Waals surface area contributed by atoms with Gasteiger partial charge in [-0.25, -0.2) is 0 Å². The van der Waals surface area contributed by atoms with Gasteiger partial charge in [0, 0.05) is 6.54 Å². The number of carbonyl (C=O) groups excluding carboxylic acids is 1. The highest BCUT2D eigenvalue weighted by Crippen LogP contribution is 2.20. The van der Waals surface area contributed by atoms with Crippen molar-refractivity contribution in [3.05, 3.63) is 41.2 Å². The van der Waals surface area contributed by atoms with Crippen LogP contribution in [-0.4, -0.2) is 25.3 Å². The van der Waals surface area contributed by atoms with Gasteiger partial charge in [-0.3, -0.25) is 4.79 Å². The maximum atomic E-state index is 12.1. The first-order valence-electron chi connectivity index (χ1n) is 7.24. The van der Waals surface area contributed by atoms with E-state index in [1.807, 2.05) is 0 Å². The molecule has 1 aliphatic heterocycles. The lowest BCUT2D eigenvalue weighted by molar-refractivity contribution is -0.153. The highest BCUT2D eigenvalue weighted by molar-refractivity contribution is 5.93. The number of ether oxygens (including phenoxy) is 2. The predicted molar refractivity (Wildman–Crippen MR) is 77.7 cm³/mol. The highest BCUT2D eigenvalue weighted by atomic mass is 19.4. The normalized spacial score (nSPS) is 15.1. The fraction of sp³-hybridized carbons (Fsp3) is 0.438. The molecule has 0 atom stereocenters. The number of benzene rings is 1. The number of hydrogen-bond donors (Lipinski definition) is 1. The monoisotopic (exact) mass is 329 g/mol. The maximum Gasteiger partial charge on any atom is 0.422 e. The van der Waals surface area contributed by atoms with Crippen molar-refractivity contribution in [2.24, 2.45) is 0 Å². The van der Waals surface area contributed by atoms with Gasteiger partial charge in [0.25, 0.3) is 5.91 Å². The van der Waals surface area contributed by atoms with E-state index in [-0.39, 0.29) is 18.2 Å². The quantitative estimate of drug-likeness (QED) is 0.901. The molecule has 4 nitrogen and oxygen atoms in total. The number of allylic oxidation sites excluding steroid dienone is 1. The van der Waals surface area contributed by atoms with E-state index in [2.05, 4.69) is 10.1 Å². The zero-order valence-electron chi connectivity index (χ0n) is 12.7. The highest BCUT2D eigenvalue weighted by Gasteiger charge is 2.28. The van der Waals surface area contributed by atoms with Crippen molar-refractivity contribution >= 4 is 5.91 Å². The molecular weight excluding hydrogens is 311 g/mol. The van der Waals surface area contributed by atoms with Crippen molar-refractivity contribution in [2.45, 2.75) is 32.5 Å². The largest absolute Gasteiger partial charge is 0.498 e. The summed E-state index contributed by atoms with van der Waals surface area (Å²) in [7, 11) is 0. The van der Waals surface area contributed by atoms with Crippen LogP contribution in [0.4, 0.5) is 13.2 Å². The number of nitrogens with one attached hydrogen (secondary N) is 1. The van der Waals surface area contributed by atoms with Gasteiger partial charge < -0.3 is 14.8 Å². The molecule has 2 rings (SSSR count). The summed E-state index contributed by atoms with van der Waals surface area (Å²) in [5.41, 5.74) is 1.41. The second-order valence-corrected chi connectivity index (χ2v) is 5.22. The van der Waals surface area contributed by atoms with Crippen molar-refractivity contribution in [3.8, 4) is 5.75 Å². The summed E-state index contributed by atoms with van der Waals surface area (Å²) < 4.78 is 46.1. The average Bonchev–Trinajstić information content (AvgIpc) is 2.51. The molecular formula is C16H18F3NO3. The second kappa shape index (κ2) is 7.39. The Morgan fingerprint density at radius 2 is 2.00 bits per heavy atom. The molecule has 1 aromatic rings. The lowest BCUT2D eigenvalue weighted by Gasteiger charge is -2.18. The number of halogens is 3. The Labute approximate surface area is 132 Å². The van der Waals surface area contributed by atoms with Crippen molar-refractivity contribution < 1.29 is 27.4 Å². The fourth-order valence-corrected chi connectivity index (χ4v) is 2.17. The lowest BCUT2D eigenvalue weighted by Crippen LogP contribution is -2.27. The number of hydrogen-bond acceptors (Lipinski definition) is 3. The van der Waals surface area contributed by atoms with Crippen LogP contribution < -0.4 is 10.1 Å². The second-order valence-electron chi connectivity index (χ2n) is 5.22. The van der Waals surface area contributed by atoms with Crippen LogP contribution in [0.2, 0.25) is 0 Å². The fourth-order valence-electron chi connectivity index (χ4n) is 2.17. The van der Waals surface area contributed by atoms with Crippen LogP contribution in [0.1, 0.15) is 25.3 Å². The van der Waals surface area contributed by atoms with E-state index in [1.54, 1.807) is 19.1 Å². The predicted octanol–water partition coefficient (Wildman–Crippen LogP) is 3.33. The average molecular weight is 329 g/mol. The van der Waals surface area contributed by atoms with Gasteiger partial charge >= 0.3 is 6.18 Å². The van der Waals surface area contributed by atoms with E-state index in [0.29, 0.717) is 24.4 Å². The number of alkyl halides is 3. The van der Waals surface area contributed by atoms with Crippen LogP contribution in [0.5, 0.6) is 5.75 Å². The maximum absolute atomic E-state index is 12.1. The summed E-state index contributed by atoms with van der Waals surface area (Å²) in [6, 6.07) is 6.12. The third kappa shape index (κ3) is 5.50. The summed E-state index contributed by atoms with van der Waals surface area (Å²) in [5, 5.41) is 2.78. The van der Waals surface area contributed by atoms with E-state index in [1.165, 1.54) is 12.1 Å². The van der Waals surface area contributed by atoms with Gasteiger partial charge in [-0.15, -0.1) is 0 Å². The Hall–Kier alpha value is -2.18. The molecule has 1 aliphatic rings. The minimum atomic E-state index is -4.36. The standard InChI is InChI=1S/C16H18F3NO3/c1-11-14(3-2-8-22-11)15(21)20-9-12-4-6-13(7-5-12)23-10-16(17,18)19/h4-7H,2-3,8-10H2,1H3,(H,20,21). The topological polar surface area (TPSA) is 47.6 Å². The Kier molecular flexibility index (Phi) is 5.52. The van der Waals surface area contributed by atoms with Crippen LogP contribution in [0, 0.1) is 0 Å². The zero-order chi connectivity index (χ0) is 16.9. The minimum Gasteiger partial charge on any atom is -0.498 e. The molecule has 1 amide bonds. The number of carbonyl (C=O) groups is 1. The van der Waals surface area contributed by atoms with E-state index in [4.69, 9.17) is 4.74 Å². The smallest absolute Gasteiger partial charge is 0.422 e. The van der Waals surface area contributed by atoms with E-state index >= 15 is 0 Å². The van der Waals surface area contributed by atoms with Crippen molar-refractivity contribution in [3.63, 3.8) is 0 Å². The number of rotatable bonds is 5. The third-order valence-corrected chi connectivity index (χ3v) is 3.37. The summed E-state index contributed by atoms with van der Waals surface area (Å²) >= 11 is 0. The van der Waals surface area contributed by atoms with Crippen LogP contribution >= 0.6 is 0 Å². The van der Waals surface area contributed by atoms with Crippen LogP contribution in [0.15, 0.2) is 35.6 Å². The minimum absolute atomic E-state index is 0.136. The number of amides is 1. The first-order valence-corrected chi connectivity index (χ1v) is 7.24. The van der Waals surface area contributed by atoms with Crippen LogP contribution in [0.25, 0.3) is 0 Å². The molecule has 0 spiro atoms. The Balaban J connectivity index is 1.85. The van der Waals surface area contributed by atoms with Crippen molar-refractivity contribution in [2.75, 3.05) is 13.2 Å². The van der Waals surface area contributed by atoms with Gasteiger partial charge in [0.15, 0.2) is 6.61 Å². The molecule has 0 bridgehead atoms. The SMILES string of the molecule is CC1=C(C(=O)NCc2ccc(OCC(F)(F)F)cc2)CCCO1. The van der Waals surface area contributed by atoms with Gasteiger partial charge in [-0.05, 0) is 37.5 Å². The van der Waals surface area contributed by atoms with Gasteiger partial charge in [-0.2, -0.15) is 13.2 Å². The molecule has 0 unspecified atom stereocenters. The first kappa shape index (κ1) is 17.2. The van der Waals surface area contributed by atoms with E-state index in [0.717, 1.165) is 12.0 Å². The molecule has 7 heteroatoms. The summed E-state index contributed by atoms with van der Waals surface area (Å²) in [4.78, 5) is 12.1. The van der Waals surface area contributed by atoms with Gasteiger partial charge in [0.1, 0.15) is 11.5 Å². The van der Waals surface area contributed by atoms with E-state index in [9.17, 15) is 18.0 Å². The Bertz CT molecular complexity index is 579. The van der Waals surface area contributed by atoms with Crippen LogP contribution in [0.3, 0.4) is 0 Å². The molecule has 1 N–H and O–H groups in total. The van der Waals surface area contributed by atoms with Crippen molar-refractivity contribution in [1.29, 1.82) is 0 Å². The Morgan fingerprint density at radius 1 is 1.30 bits per heavy atom. The van der Waals surface area contributed by atoms with E-state index < -0.39 is 12.8 Å². The summed E-state index contributed by atoms with van der Waals surface area (Å²) in [6.45, 7) is 1.36. The van der Waals surface area contributed by atoms with Crippen molar-refractivity contribution in [1.82, 2.24) is 5.32 Å². The van der Waals surface area contributed by atoms with Gasteiger partial charge in [0.05, 0.1) is 12.2 Å². The lowest BCUT2D eigenvalue weighted by atomic mass is 10.1. The summed E-state index contributed by atoms with van der Waals surface area (Å²) in [6.07, 6.45) is -2.87. The van der Waals surface area contributed by atoms with Crippen LogP contribution in [-0.2, 0) is 16.1 Å². The first-order chi connectivity index (χ1) is 10.8.